The Morgan fingerprint density at radius 1 is 1.25 bits per heavy atom. The number of phenols is 1. The van der Waals surface area contributed by atoms with Crippen molar-refractivity contribution in [2.24, 2.45) is 0 Å². The summed E-state index contributed by atoms with van der Waals surface area (Å²) in [5.74, 6) is 0.882. The highest BCUT2D eigenvalue weighted by molar-refractivity contribution is 6.04. The Morgan fingerprint density at radius 2 is 2.12 bits per heavy atom. The number of methoxy groups -OCH3 is 1. The van der Waals surface area contributed by atoms with Crippen LogP contribution in [0.25, 0.3) is 0 Å². The number of anilines is 2. The van der Waals surface area contributed by atoms with Crippen molar-refractivity contribution in [3.05, 3.63) is 77.7 Å². The quantitative estimate of drug-likeness (QED) is 0.525. The zero-order valence-corrected chi connectivity index (χ0v) is 17.7. The van der Waals surface area contributed by atoms with Gasteiger partial charge in [-0.1, -0.05) is 12.1 Å². The lowest BCUT2D eigenvalue weighted by molar-refractivity contribution is 0.102. The van der Waals surface area contributed by atoms with E-state index >= 15 is 0 Å². The van der Waals surface area contributed by atoms with E-state index in [1.165, 1.54) is 18.3 Å². The Kier molecular flexibility index (Phi) is 6.51. The van der Waals surface area contributed by atoms with Crippen molar-refractivity contribution in [3.8, 4) is 11.5 Å². The lowest BCUT2D eigenvalue weighted by Gasteiger charge is -2.18. The zero-order valence-electron chi connectivity index (χ0n) is 17.7. The average Bonchev–Trinajstić information content (AvgIpc) is 3.27. The van der Waals surface area contributed by atoms with Crippen LogP contribution in [-0.2, 0) is 6.54 Å². The summed E-state index contributed by atoms with van der Waals surface area (Å²) in [7, 11) is 1.57. The summed E-state index contributed by atoms with van der Waals surface area (Å²) < 4.78 is 18.4. The number of ether oxygens (including phenoxy) is 1. The molecule has 1 saturated heterocycles. The summed E-state index contributed by atoms with van der Waals surface area (Å²) in [6.45, 7) is 2.17. The van der Waals surface area contributed by atoms with Gasteiger partial charge in [0.15, 0.2) is 0 Å². The fourth-order valence-corrected chi connectivity index (χ4v) is 3.69. The number of nitrogens with zero attached hydrogens (tertiary/aromatic N) is 2. The van der Waals surface area contributed by atoms with Gasteiger partial charge < -0.3 is 25.4 Å². The number of carbonyl (C=O) groups is 1. The van der Waals surface area contributed by atoms with E-state index in [4.69, 9.17) is 4.74 Å². The molecule has 0 bridgehead atoms. The Hall–Kier alpha value is -3.65. The summed E-state index contributed by atoms with van der Waals surface area (Å²) in [6.07, 6.45) is 2.47. The van der Waals surface area contributed by atoms with Crippen molar-refractivity contribution in [1.82, 2.24) is 10.3 Å². The van der Waals surface area contributed by atoms with Gasteiger partial charge in [-0.2, -0.15) is 0 Å². The number of amides is 1. The van der Waals surface area contributed by atoms with Gasteiger partial charge in [-0.05, 0) is 42.8 Å². The van der Waals surface area contributed by atoms with Crippen LogP contribution < -0.4 is 20.3 Å². The SMILES string of the molecule is COc1ccc(CN[C@@H]2CCN(c3ccc(C(=O)Nc4cccc(F)c4)cn3)C2)c(O)c1. The molecule has 0 saturated carbocycles. The number of aromatic nitrogens is 1. The van der Waals surface area contributed by atoms with Crippen LogP contribution in [0.3, 0.4) is 0 Å². The largest absolute Gasteiger partial charge is 0.507 e. The predicted molar refractivity (Wildman–Crippen MR) is 121 cm³/mol. The van der Waals surface area contributed by atoms with Crippen molar-refractivity contribution in [2.75, 3.05) is 30.4 Å². The second kappa shape index (κ2) is 9.65. The normalized spacial score (nSPS) is 15.6. The lowest BCUT2D eigenvalue weighted by atomic mass is 10.1. The topological polar surface area (TPSA) is 86.7 Å². The number of hydrogen-bond donors (Lipinski definition) is 3. The molecule has 1 aliphatic rings. The van der Waals surface area contributed by atoms with E-state index < -0.39 is 5.82 Å². The van der Waals surface area contributed by atoms with E-state index in [1.54, 1.807) is 31.4 Å². The number of nitrogens with one attached hydrogen (secondary N) is 2. The minimum Gasteiger partial charge on any atom is -0.507 e. The van der Waals surface area contributed by atoms with Gasteiger partial charge in [0.2, 0.25) is 0 Å². The van der Waals surface area contributed by atoms with Crippen LogP contribution in [-0.4, -0.2) is 42.2 Å². The number of aromatic hydroxyl groups is 1. The van der Waals surface area contributed by atoms with E-state index in [1.807, 2.05) is 18.2 Å². The number of halogens is 1. The maximum atomic E-state index is 13.3. The van der Waals surface area contributed by atoms with E-state index in [2.05, 4.69) is 20.5 Å². The standard InChI is InChI=1S/C24H25FN4O3/c1-32-21-7-5-16(22(30)12-21)13-26-20-9-10-29(15-20)23-8-6-17(14-27-23)24(31)28-19-4-2-3-18(25)11-19/h2-8,11-12,14,20,26,30H,9-10,13,15H2,1H3,(H,28,31)/t20-/m1/s1. The summed E-state index contributed by atoms with van der Waals surface area (Å²) in [5, 5.41) is 16.3. The summed E-state index contributed by atoms with van der Waals surface area (Å²) >= 11 is 0. The van der Waals surface area contributed by atoms with Crippen molar-refractivity contribution >= 4 is 17.4 Å². The molecule has 2 heterocycles. The maximum absolute atomic E-state index is 13.3. The minimum atomic E-state index is -0.407. The molecule has 0 spiro atoms. The first-order valence-electron chi connectivity index (χ1n) is 10.4. The third-order valence-corrected chi connectivity index (χ3v) is 5.48. The van der Waals surface area contributed by atoms with Crippen molar-refractivity contribution in [3.63, 3.8) is 0 Å². The molecular weight excluding hydrogens is 411 g/mol. The monoisotopic (exact) mass is 436 g/mol. The summed E-state index contributed by atoms with van der Waals surface area (Å²) in [4.78, 5) is 19.0. The van der Waals surface area contributed by atoms with Crippen molar-refractivity contribution < 1.29 is 19.0 Å². The van der Waals surface area contributed by atoms with Gasteiger partial charge in [0.25, 0.3) is 5.91 Å². The predicted octanol–water partition coefficient (Wildman–Crippen LogP) is 3.56. The van der Waals surface area contributed by atoms with Gasteiger partial charge in [0.1, 0.15) is 23.1 Å². The molecule has 0 aliphatic carbocycles. The van der Waals surface area contributed by atoms with Crippen LogP contribution in [0.4, 0.5) is 15.9 Å². The highest BCUT2D eigenvalue weighted by Crippen LogP contribution is 2.24. The second-order valence-corrected chi connectivity index (χ2v) is 7.68. The van der Waals surface area contributed by atoms with E-state index in [-0.39, 0.29) is 17.7 Å². The van der Waals surface area contributed by atoms with Crippen LogP contribution in [0.1, 0.15) is 22.3 Å². The lowest BCUT2D eigenvalue weighted by Crippen LogP contribution is -2.32. The first kappa shape index (κ1) is 21.6. The number of rotatable bonds is 7. The molecule has 7 nitrogen and oxygen atoms in total. The van der Waals surface area contributed by atoms with Gasteiger partial charge in [-0.3, -0.25) is 4.79 Å². The minimum absolute atomic E-state index is 0.209. The van der Waals surface area contributed by atoms with Gasteiger partial charge >= 0.3 is 0 Å². The molecule has 1 amide bonds. The second-order valence-electron chi connectivity index (χ2n) is 7.68. The van der Waals surface area contributed by atoms with Gasteiger partial charge in [0.05, 0.1) is 12.7 Å². The number of benzene rings is 2. The Balaban J connectivity index is 1.31. The first-order chi connectivity index (χ1) is 15.5. The molecule has 4 rings (SSSR count). The van der Waals surface area contributed by atoms with E-state index in [0.717, 1.165) is 30.9 Å². The average molecular weight is 436 g/mol. The van der Waals surface area contributed by atoms with E-state index in [0.29, 0.717) is 23.5 Å². The molecule has 2 aromatic carbocycles. The molecule has 166 valence electrons. The third kappa shape index (κ3) is 5.15. The molecule has 1 aliphatic heterocycles. The molecule has 1 aromatic heterocycles. The van der Waals surface area contributed by atoms with Crippen LogP contribution >= 0.6 is 0 Å². The highest BCUT2D eigenvalue weighted by Gasteiger charge is 2.23. The fourth-order valence-electron chi connectivity index (χ4n) is 3.69. The van der Waals surface area contributed by atoms with E-state index in [9.17, 15) is 14.3 Å². The van der Waals surface area contributed by atoms with Gasteiger partial charge in [0, 0.05) is 49.2 Å². The highest BCUT2D eigenvalue weighted by atomic mass is 19.1. The van der Waals surface area contributed by atoms with Gasteiger partial charge in [-0.15, -0.1) is 0 Å². The molecule has 32 heavy (non-hydrogen) atoms. The summed E-state index contributed by atoms with van der Waals surface area (Å²) in [6, 6.07) is 14.8. The number of pyridine rings is 1. The Morgan fingerprint density at radius 3 is 2.84 bits per heavy atom. The molecule has 1 atom stereocenters. The molecule has 3 N–H and O–H groups in total. The molecule has 8 heteroatoms. The third-order valence-electron chi connectivity index (χ3n) is 5.48. The van der Waals surface area contributed by atoms with Crippen LogP contribution in [0.2, 0.25) is 0 Å². The number of carbonyl (C=O) groups excluding carboxylic acids is 1. The molecule has 3 aromatic rings. The smallest absolute Gasteiger partial charge is 0.257 e. The fraction of sp³-hybridized carbons (Fsp3) is 0.250. The molecule has 0 unspecified atom stereocenters. The molecular formula is C24H25FN4O3. The van der Waals surface area contributed by atoms with Crippen LogP contribution in [0.5, 0.6) is 11.5 Å². The molecule has 1 fully saturated rings. The zero-order chi connectivity index (χ0) is 22.5. The maximum Gasteiger partial charge on any atom is 0.257 e. The van der Waals surface area contributed by atoms with Crippen LogP contribution in [0.15, 0.2) is 60.8 Å². The Bertz CT molecular complexity index is 1090. The van der Waals surface area contributed by atoms with Crippen molar-refractivity contribution in [1.29, 1.82) is 0 Å². The molecule has 0 radical (unpaired) electrons. The first-order valence-corrected chi connectivity index (χ1v) is 10.4. The number of phenolic OH excluding ortho intramolecular Hbond substituents is 1. The van der Waals surface area contributed by atoms with Gasteiger partial charge in [-0.25, -0.2) is 9.37 Å². The number of hydrogen-bond acceptors (Lipinski definition) is 6. The Labute approximate surface area is 185 Å². The summed E-state index contributed by atoms with van der Waals surface area (Å²) in [5.41, 5.74) is 1.62. The van der Waals surface area contributed by atoms with Crippen molar-refractivity contribution in [2.45, 2.75) is 19.0 Å². The van der Waals surface area contributed by atoms with Crippen LogP contribution in [0, 0.1) is 5.82 Å².